The van der Waals surface area contributed by atoms with Crippen molar-refractivity contribution in [3.05, 3.63) is 64.5 Å². The molecule has 1 N–H and O–H groups in total. The molecule has 1 saturated heterocycles. The topological polar surface area (TPSA) is 57.7 Å². The van der Waals surface area contributed by atoms with Gasteiger partial charge in [0, 0.05) is 5.56 Å². The fourth-order valence-corrected chi connectivity index (χ4v) is 3.88. The number of nitrogens with one attached hydrogen (secondary N) is 1. The van der Waals surface area contributed by atoms with Gasteiger partial charge in [-0.25, -0.2) is 0 Å². The minimum atomic E-state index is -0.0791. The molecule has 3 aromatic rings. The Hall–Kier alpha value is -2.59. The minimum absolute atomic E-state index is 0.0372. The summed E-state index contributed by atoms with van der Waals surface area (Å²) in [7, 11) is 0. The van der Waals surface area contributed by atoms with Crippen LogP contribution >= 0.6 is 0 Å². The van der Waals surface area contributed by atoms with E-state index in [9.17, 15) is 9.90 Å². The van der Waals surface area contributed by atoms with Crippen molar-refractivity contribution in [2.24, 2.45) is 0 Å². The number of hydrogen-bond acceptors (Lipinski definition) is 3. The van der Waals surface area contributed by atoms with Crippen LogP contribution in [0.4, 0.5) is 0 Å². The van der Waals surface area contributed by atoms with Crippen LogP contribution < -0.4 is 15.4 Å². The second kappa shape index (κ2) is 7.34. The molecule has 0 bridgehead atoms. The van der Waals surface area contributed by atoms with Crippen LogP contribution in [0.5, 0.6) is 5.75 Å². The zero-order valence-corrected chi connectivity index (χ0v) is 14.8. The summed E-state index contributed by atoms with van der Waals surface area (Å²) in [6.07, 6.45) is 6.41. The van der Waals surface area contributed by atoms with Gasteiger partial charge in [-0.15, -0.1) is 0 Å². The van der Waals surface area contributed by atoms with E-state index in [4.69, 9.17) is 4.42 Å². The third-order valence-corrected chi connectivity index (χ3v) is 5.32. The lowest BCUT2D eigenvalue weighted by molar-refractivity contribution is -0.913. The summed E-state index contributed by atoms with van der Waals surface area (Å²) in [5.74, 6) is -0.0372. The van der Waals surface area contributed by atoms with E-state index in [0.29, 0.717) is 28.6 Å². The summed E-state index contributed by atoms with van der Waals surface area (Å²) in [6.45, 7) is 2.77. The minimum Gasteiger partial charge on any atom is -0.872 e. The molecule has 1 aliphatic rings. The molecule has 134 valence electrons. The summed E-state index contributed by atoms with van der Waals surface area (Å²) in [5.41, 5.74) is 2.37. The van der Waals surface area contributed by atoms with Crippen molar-refractivity contribution in [1.29, 1.82) is 0 Å². The first-order valence-corrected chi connectivity index (χ1v) is 9.37. The number of benzene rings is 2. The van der Waals surface area contributed by atoms with Gasteiger partial charge in [-0.3, -0.25) is 4.79 Å². The molecule has 0 aliphatic carbocycles. The van der Waals surface area contributed by atoms with E-state index in [2.05, 4.69) is 0 Å². The fraction of sp³-hybridized carbons (Fsp3) is 0.318. The van der Waals surface area contributed by atoms with E-state index in [1.165, 1.54) is 42.9 Å². The molecular weight excluding hydrogens is 326 g/mol. The van der Waals surface area contributed by atoms with E-state index in [-0.39, 0.29) is 11.2 Å². The van der Waals surface area contributed by atoms with Gasteiger partial charge in [-0.05, 0) is 37.3 Å². The molecule has 1 aromatic heterocycles. The Morgan fingerprint density at radius 3 is 2.42 bits per heavy atom. The Balaban J connectivity index is 1.78. The largest absolute Gasteiger partial charge is 0.872 e. The summed E-state index contributed by atoms with van der Waals surface area (Å²) in [6, 6.07) is 12.6. The number of quaternary nitrogens is 1. The van der Waals surface area contributed by atoms with Crippen molar-refractivity contribution >= 4 is 11.0 Å². The lowest BCUT2D eigenvalue weighted by Crippen LogP contribution is -3.10. The molecule has 1 fully saturated rings. The van der Waals surface area contributed by atoms with Gasteiger partial charge in [-0.1, -0.05) is 42.1 Å². The van der Waals surface area contributed by atoms with Crippen LogP contribution in [-0.4, -0.2) is 13.1 Å². The predicted octanol–water partition coefficient (Wildman–Crippen LogP) is 2.49. The first-order chi connectivity index (χ1) is 12.7. The van der Waals surface area contributed by atoms with Gasteiger partial charge in [0.05, 0.1) is 24.0 Å². The third kappa shape index (κ3) is 3.25. The Morgan fingerprint density at radius 2 is 1.69 bits per heavy atom. The summed E-state index contributed by atoms with van der Waals surface area (Å²) >= 11 is 0. The van der Waals surface area contributed by atoms with Crippen molar-refractivity contribution in [3.63, 3.8) is 0 Å². The monoisotopic (exact) mass is 349 g/mol. The maximum absolute atomic E-state index is 13.0. The summed E-state index contributed by atoms with van der Waals surface area (Å²) in [5, 5.41) is 13.0. The van der Waals surface area contributed by atoms with E-state index in [0.717, 1.165) is 18.7 Å². The highest BCUT2D eigenvalue weighted by atomic mass is 16.3. The van der Waals surface area contributed by atoms with Crippen LogP contribution in [-0.2, 0) is 6.54 Å². The lowest BCUT2D eigenvalue weighted by atomic mass is 10.0. The molecule has 2 aromatic carbocycles. The maximum atomic E-state index is 13.0. The SMILES string of the molecule is O=c1c(-c2ccccc2)coc2c(C[NH+]3CCCCCC3)c([O-])ccc12. The van der Waals surface area contributed by atoms with Crippen LogP contribution in [0.3, 0.4) is 0 Å². The van der Waals surface area contributed by atoms with Crippen LogP contribution in [0.25, 0.3) is 22.1 Å². The van der Waals surface area contributed by atoms with Gasteiger partial charge in [0.25, 0.3) is 0 Å². The normalized spacial score (nSPS) is 15.8. The van der Waals surface area contributed by atoms with Crippen molar-refractivity contribution in [2.45, 2.75) is 32.2 Å². The van der Waals surface area contributed by atoms with Gasteiger partial charge in [0.2, 0.25) is 5.43 Å². The van der Waals surface area contributed by atoms with Crippen molar-refractivity contribution < 1.29 is 14.4 Å². The van der Waals surface area contributed by atoms with E-state index in [1.54, 1.807) is 6.07 Å². The summed E-state index contributed by atoms with van der Waals surface area (Å²) in [4.78, 5) is 14.4. The second-order valence-corrected chi connectivity index (χ2v) is 7.10. The average Bonchev–Trinajstić information content (AvgIpc) is 2.94. The molecule has 4 rings (SSSR count). The zero-order valence-electron chi connectivity index (χ0n) is 14.8. The molecule has 0 radical (unpaired) electrons. The first kappa shape index (κ1) is 16.9. The highest BCUT2D eigenvalue weighted by Gasteiger charge is 2.18. The average molecular weight is 349 g/mol. The molecule has 1 aliphatic heterocycles. The second-order valence-electron chi connectivity index (χ2n) is 7.10. The Labute approximate surface area is 152 Å². The highest BCUT2D eigenvalue weighted by Crippen LogP contribution is 2.26. The van der Waals surface area contributed by atoms with Gasteiger partial charge in [-0.2, -0.15) is 0 Å². The van der Waals surface area contributed by atoms with E-state index in [1.807, 2.05) is 30.3 Å². The highest BCUT2D eigenvalue weighted by molar-refractivity contribution is 5.85. The van der Waals surface area contributed by atoms with Gasteiger partial charge in [0.15, 0.2) is 0 Å². The van der Waals surface area contributed by atoms with Crippen molar-refractivity contribution in [3.8, 4) is 16.9 Å². The maximum Gasteiger partial charge on any atom is 0.200 e. The molecule has 4 nitrogen and oxygen atoms in total. The molecule has 0 amide bonds. The standard InChI is InChI=1S/C22H23NO3/c24-20-11-10-17-21(25)19(16-8-4-3-5-9-16)15-26-22(17)18(20)14-23-12-6-1-2-7-13-23/h3-5,8-11,15,24H,1-2,6-7,12-14H2. The Kier molecular flexibility index (Phi) is 4.76. The Bertz CT molecular complexity index is 954. The predicted molar refractivity (Wildman–Crippen MR) is 100 cm³/mol. The summed E-state index contributed by atoms with van der Waals surface area (Å²) < 4.78 is 5.85. The third-order valence-electron chi connectivity index (χ3n) is 5.32. The smallest absolute Gasteiger partial charge is 0.200 e. The number of likely N-dealkylation sites (tertiary alicyclic amines) is 1. The molecule has 4 heteroatoms. The number of hydrogen-bond donors (Lipinski definition) is 1. The number of rotatable bonds is 3. The fourth-order valence-electron chi connectivity index (χ4n) is 3.88. The Morgan fingerprint density at radius 1 is 0.962 bits per heavy atom. The molecule has 0 atom stereocenters. The van der Waals surface area contributed by atoms with Crippen molar-refractivity contribution in [2.75, 3.05) is 13.1 Å². The van der Waals surface area contributed by atoms with Crippen LogP contribution in [0, 0.1) is 0 Å². The van der Waals surface area contributed by atoms with Crippen LogP contribution in [0.1, 0.15) is 31.2 Å². The number of fused-ring (bicyclic) bond motifs is 1. The molecule has 0 saturated carbocycles. The molecule has 26 heavy (non-hydrogen) atoms. The first-order valence-electron chi connectivity index (χ1n) is 9.37. The van der Waals surface area contributed by atoms with Crippen LogP contribution in [0.15, 0.2) is 57.9 Å². The van der Waals surface area contributed by atoms with Gasteiger partial charge < -0.3 is 14.4 Å². The van der Waals surface area contributed by atoms with Gasteiger partial charge in [0.1, 0.15) is 18.4 Å². The quantitative estimate of drug-likeness (QED) is 0.790. The molecule has 0 spiro atoms. The molecular formula is C22H23NO3. The van der Waals surface area contributed by atoms with Gasteiger partial charge >= 0.3 is 0 Å². The molecule has 0 unspecified atom stereocenters. The zero-order chi connectivity index (χ0) is 17.9. The van der Waals surface area contributed by atoms with Crippen molar-refractivity contribution in [1.82, 2.24) is 0 Å². The van der Waals surface area contributed by atoms with E-state index < -0.39 is 0 Å². The molecule has 2 heterocycles. The lowest BCUT2D eigenvalue weighted by Gasteiger charge is -2.21. The van der Waals surface area contributed by atoms with Crippen LogP contribution in [0.2, 0.25) is 0 Å². The van der Waals surface area contributed by atoms with E-state index >= 15 is 0 Å².